The van der Waals surface area contributed by atoms with Crippen LogP contribution in [0.3, 0.4) is 0 Å². The first-order valence-corrected chi connectivity index (χ1v) is 10.6. The van der Waals surface area contributed by atoms with Gasteiger partial charge in [-0.15, -0.1) is 0 Å². The summed E-state index contributed by atoms with van der Waals surface area (Å²) < 4.78 is 37.7. The second-order valence-electron chi connectivity index (χ2n) is 6.90. The number of nitrogens with zero attached hydrogens (tertiary/aromatic N) is 1. The van der Waals surface area contributed by atoms with E-state index in [0.717, 1.165) is 4.31 Å². The number of rotatable bonds is 6. The number of sulfonamides is 1. The number of methoxy groups -OCH3 is 1. The summed E-state index contributed by atoms with van der Waals surface area (Å²) in [7, 11) is -1.14. The monoisotopic (exact) mass is 433 g/mol. The number of amides is 2. The van der Waals surface area contributed by atoms with Gasteiger partial charge in [-0.3, -0.25) is 9.59 Å². The van der Waals surface area contributed by atoms with E-state index >= 15 is 0 Å². The highest BCUT2D eigenvalue weighted by atomic mass is 32.2. The fourth-order valence-corrected chi connectivity index (χ4v) is 4.32. The predicted octanol–water partition coefficient (Wildman–Crippen LogP) is 1.98. The van der Waals surface area contributed by atoms with Crippen molar-refractivity contribution in [1.82, 2.24) is 4.31 Å². The maximum atomic E-state index is 13.1. The van der Waals surface area contributed by atoms with Crippen LogP contribution in [0, 0.1) is 6.92 Å². The minimum Gasteiger partial charge on any atom is -0.497 e. The molecular weight excluding hydrogens is 410 g/mol. The number of benzene rings is 2. The quantitative estimate of drug-likeness (QED) is 0.720. The number of nitrogens with one attached hydrogen (secondary N) is 2. The second kappa shape index (κ2) is 8.33. The normalized spacial score (nSPS) is 15.8. The molecule has 0 bridgehead atoms. The Bertz CT molecular complexity index is 1100. The van der Waals surface area contributed by atoms with Gasteiger partial charge in [-0.05, 0) is 37.6 Å². The van der Waals surface area contributed by atoms with E-state index in [0.29, 0.717) is 22.7 Å². The summed E-state index contributed by atoms with van der Waals surface area (Å²) in [5.74, 6) is 0.0335. The summed E-state index contributed by atoms with van der Waals surface area (Å²) >= 11 is 0. The SMILES string of the molecule is COc1cccc(NC(=O)CN(C)S(=O)(=O)c2cc3c(cc2C)NC(=O)[C@@H](C)O3)c1. The van der Waals surface area contributed by atoms with Crippen molar-refractivity contribution in [1.29, 1.82) is 0 Å². The molecule has 0 radical (unpaired) electrons. The molecule has 30 heavy (non-hydrogen) atoms. The van der Waals surface area contributed by atoms with Crippen molar-refractivity contribution in [3.05, 3.63) is 42.0 Å². The summed E-state index contributed by atoms with van der Waals surface area (Å²) in [5, 5.41) is 5.33. The molecule has 1 atom stereocenters. The van der Waals surface area contributed by atoms with E-state index in [2.05, 4.69) is 10.6 Å². The highest BCUT2D eigenvalue weighted by Crippen LogP contribution is 2.35. The number of ether oxygens (including phenoxy) is 2. The van der Waals surface area contributed by atoms with Gasteiger partial charge in [-0.2, -0.15) is 4.31 Å². The van der Waals surface area contributed by atoms with Gasteiger partial charge < -0.3 is 20.1 Å². The molecule has 1 heterocycles. The van der Waals surface area contributed by atoms with Gasteiger partial charge in [0.25, 0.3) is 5.91 Å². The lowest BCUT2D eigenvalue weighted by Crippen LogP contribution is -2.36. The molecule has 2 aromatic carbocycles. The fraction of sp³-hybridized carbons (Fsp3) is 0.300. The van der Waals surface area contributed by atoms with E-state index in [4.69, 9.17) is 9.47 Å². The highest BCUT2D eigenvalue weighted by molar-refractivity contribution is 7.89. The molecule has 9 nitrogen and oxygen atoms in total. The zero-order valence-electron chi connectivity index (χ0n) is 17.1. The molecule has 160 valence electrons. The molecule has 3 rings (SSSR count). The van der Waals surface area contributed by atoms with Gasteiger partial charge in [0.05, 0.1) is 24.2 Å². The first kappa shape index (κ1) is 21.6. The Kier molecular flexibility index (Phi) is 5.99. The Labute approximate surface area is 175 Å². The number of carbonyl (C=O) groups is 2. The van der Waals surface area contributed by atoms with Gasteiger partial charge in [0, 0.05) is 24.9 Å². The van der Waals surface area contributed by atoms with E-state index in [1.165, 1.54) is 26.3 Å². The molecule has 1 aliphatic heterocycles. The van der Waals surface area contributed by atoms with Crippen LogP contribution >= 0.6 is 0 Å². The van der Waals surface area contributed by atoms with E-state index in [1.54, 1.807) is 38.1 Å². The van der Waals surface area contributed by atoms with Crippen molar-refractivity contribution >= 4 is 33.2 Å². The number of hydrogen-bond acceptors (Lipinski definition) is 6. The third kappa shape index (κ3) is 4.39. The largest absolute Gasteiger partial charge is 0.497 e. The van der Waals surface area contributed by atoms with Crippen LogP contribution in [0.1, 0.15) is 12.5 Å². The van der Waals surface area contributed by atoms with Crippen LogP contribution in [0.2, 0.25) is 0 Å². The molecule has 0 fully saturated rings. The van der Waals surface area contributed by atoms with Gasteiger partial charge in [-0.25, -0.2) is 8.42 Å². The lowest BCUT2D eigenvalue weighted by Gasteiger charge is -2.25. The van der Waals surface area contributed by atoms with Crippen molar-refractivity contribution in [3.63, 3.8) is 0 Å². The number of anilines is 2. The molecular formula is C20H23N3O6S. The molecule has 1 aliphatic rings. The number of carbonyl (C=O) groups excluding carboxylic acids is 2. The van der Waals surface area contributed by atoms with Crippen LogP contribution in [0.25, 0.3) is 0 Å². The molecule has 0 spiro atoms. The number of likely N-dealkylation sites (N-methyl/N-ethyl adjacent to an activating group) is 1. The third-order valence-corrected chi connectivity index (χ3v) is 6.56. The summed E-state index contributed by atoms with van der Waals surface area (Å²) in [6.07, 6.45) is -0.734. The maximum absolute atomic E-state index is 13.1. The Balaban J connectivity index is 1.78. The van der Waals surface area contributed by atoms with E-state index in [9.17, 15) is 18.0 Å². The standard InChI is InChI=1S/C20H23N3O6S/c1-12-8-16-17(29-13(2)20(25)22-16)10-18(12)30(26,27)23(3)11-19(24)21-14-6-5-7-15(9-14)28-4/h5-10,13H,11H2,1-4H3,(H,21,24)(H,22,25)/t13-/m1/s1. The van der Waals surface area contributed by atoms with Crippen LogP contribution in [-0.4, -0.2) is 51.3 Å². The lowest BCUT2D eigenvalue weighted by molar-refractivity contribution is -0.122. The van der Waals surface area contributed by atoms with Gasteiger partial charge >= 0.3 is 0 Å². The topological polar surface area (TPSA) is 114 Å². The molecule has 0 unspecified atom stereocenters. The molecule has 2 amide bonds. The van der Waals surface area contributed by atoms with Gasteiger partial charge in [0.2, 0.25) is 15.9 Å². The van der Waals surface area contributed by atoms with E-state index < -0.39 is 22.0 Å². The van der Waals surface area contributed by atoms with Crippen LogP contribution in [0.4, 0.5) is 11.4 Å². The van der Waals surface area contributed by atoms with Crippen LogP contribution in [0.5, 0.6) is 11.5 Å². The summed E-state index contributed by atoms with van der Waals surface area (Å²) in [6, 6.07) is 9.66. The second-order valence-corrected chi connectivity index (χ2v) is 8.92. The predicted molar refractivity (Wildman–Crippen MR) is 111 cm³/mol. The van der Waals surface area contributed by atoms with E-state index in [-0.39, 0.29) is 23.1 Å². The van der Waals surface area contributed by atoms with Gasteiger partial charge in [0.1, 0.15) is 11.5 Å². The van der Waals surface area contributed by atoms with Crippen LogP contribution in [-0.2, 0) is 19.6 Å². The summed E-state index contributed by atoms with van der Waals surface area (Å²) in [4.78, 5) is 24.1. The first-order chi connectivity index (χ1) is 14.1. The lowest BCUT2D eigenvalue weighted by atomic mass is 10.1. The molecule has 2 aromatic rings. The molecule has 0 aromatic heterocycles. The van der Waals surface area contributed by atoms with Crippen LogP contribution < -0.4 is 20.1 Å². The van der Waals surface area contributed by atoms with Gasteiger partial charge in [0.15, 0.2) is 6.10 Å². The van der Waals surface area contributed by atoms with Crippen molar-refractivity contribution in [2.75, 3.05) is 31.3 Å². The van der Waals surface area contributed by atoms with Crippen molar-refractivity contribution in [2.24, 2.45) is 0 Å². The molecule has 0 aliphatic carbocycles. The Hall–Kier alpha value is -3.11. The molecule has 0 saturated heterocycles. The average Bonchev–Trinajstić information content (AvgIpc) is 2.68. The summed E-state index contributed by atoms with van der Waals surface area (Å²) in [6.45, 7) is 2.80. The number of aryl methyl sites for hydroxylation is 1. The number of hydrogen-bond donors (Lipinski definition) is 2. The Morgan fingerprint density at radius 2 is 2.03 bits per heavy atom. The highest BCUT2D eigenvalue weighted by Gasteiger charge is 2.30. The number of fused-ring (bicyclic) bond motifs is 1. The average molecular weight is 433 g/mol. The van der Waals surface area contributed by atoms with Crippen LogP contribution in [0.15, 0.2) is 41.3 Å². The minimum atomic E-state index is -3.98. The van der Waals surface area contributed by atoms with Crippen molar-refractivity contribution in [2.45, 2.75) is 24.8 Å². The fourth-order valence-electron chi connectivity index (χ4n) is 2.98. The Morgan fingerprint density at radius 1 is 1.30 bits per heavy atom. The maximum Gasteiger partial charge on any atom is 0.265 e. The first-order valence-electron chi connectivity index (χ1n) is 9.14. The third-order valence-electron chi connectivity index (χ3n) is 4.62. The smallest absolute Gasteiger partial charge is 0.265 e. The van der Waals surface area contributed by atoms with E-state index in [1.807, 2.05) is 0 Å². The summed E-state index contributed by atoms with van der Waals surface area (Å²) in [5.41, 5.74) is 1.33. The minimum absolute atomic E-state index is 0.00118. The van der Waals surface area contributed by atoms with Crippen molar-refractivity contribution < 1.29 is 27.5 Å². The van der Waals surface area contributed by atoms with Crippen molar-refractivity contribution in [3.8, 4) is 11.5 Å². The Morgan fingerprint density at radius 3 is 2.73 bits per heavy atom. The zero-order valence-corrected chi connectivity index (χ0v) is 17.9. The molecule has 2 N–H and O–H groups in total. The van der Waals surface area contributed by atoms with Gasteiger partial charge in [-0.1, -0.05) is 6.07 Å². The molecule has 0 saturated carbocycles. The molecule has 10 heteroatoms. The zero-order chi connectivity index (χ0) is 22.1.